The summed E-state index contributed by atoms with van der Waals surface area (Å²) in [6.45, 7) is 7.78. The summed E-state index contributed by atoms with van der Waals surface area (Å²) in [5, 5.41) is 5.28. The molecule has 3 heterocycles. The molecule has 1 atom stereocenters. The van der Waals surface area contributed by atoms with Crippen LogP contribution in [0.5, 0.6) is 0 Å². The third-order valence-corrected chi connectivity index (χ3v) is 5.28. The Bertz CT molecular complexity index is 664. The Labute approximate surface area is 140 Å². The van der Waals surface area contributed by atoms with E-state index in [0.29, 0.717) is 12.5 Å². The fourth-order valence-corrected chi connectivity index (χ4v) is 4.24. The normalized spacial score (nSPS) is 18.6. The SMILES string of the molecule is Cc1nc(CC(C)C)sc1C(=O)N1CCC[C@@H](n2cncn2)C1. The fraction of sp³-hybridized carbons (Fsp3) is 0.625. The van der Waals surface area contributed by atoms with Gasteiger partial charge in [0.2, 0.25) is 0 Å². The molecule has 0 aliphatic carbocycles. The summed E-state index contributed by atoms with van der Waals surface area (Å²) in [7, 11) is 0. The van der Waals surface area contributed by atoms with E-state index >= 15 is 0 Å². The van der Waals surface area contributed by atoms with Crippen molar-refractivity contribution >= 4 is 17.2 Å². The second kappa shape index (κ2) is 6.78. The van der Waals surface area contributed by atoms with E-state index in [9.17, 15) is 4.79 Å². The Morgan fingerprint density at radius 3 is 3.00 bits per heavy atom. The number of aryl methyl sites for hydroxylation is 1. The number of carbonyl (C=O) groups is 1. The van der Waals surface area contributed by atoms with Crippen LogP contribution in [0, 0.1) is 12.8 Å². The van der Waals surface area contributed by atoms with Crippen LogP contribution in [-0.4, -0.2) is 43.6 Å². The van der Waals surface area contributed by atoms with E-state index < -0.39 is 0 Å². The zero-order valence-electron chi connectivity index (χ0n) is 13.9. The molecule has 23 heavy (non-hydrogen) atoms. The highest BCUT2D eigenvalue weighted by atomic mass is 32.1. The van der Waals surface area contributed by atoms with E-state index in [-0.39, 0.29) is 11.9 Å². The summed E-state index contributed by atoms with van der Waals surface area (Å²) >= 11 is 1.55. The van der Waals surface area contributed by atoms with Crippen molar-refractivity contribution in [3.8, 4) is 0 Å². The Hall–Kier alpha value is -1.76. The second-order valence-electron chi connectivity index (χ2n) is 6.54. The van der Waals surface area contributed by atoms with Crippen molar-refractivity contribution < 1.29 is 4.79 Å². The third kappa shape index (κ3) is 3.60. The number of hydrogen-bond acceptors (Lipinski definition) is 5. The number of hydrogen-bond donors (Lipinski definition) is 0. The van der Waals surface area contributed by atoms with Crippen molar-refractivity contribution in [2.75, 3.05) is 13.1 Å². The first-order valence-corrected chi connectivity index (χ1v) is 8.96. The molecule has 124 valence electrons. The predicted molar refractivity (Wildman–Crippen MR) is 89.6 cm³/mol. The van der Waals surface area contributed by atoms with Crippen LogP contribution >= 0.6 is 11.3 Å². The molecule has 0 aromatic carbocycles. The Kier molecular flexibility index (Phi) is 4.75. The van der Waals surface area contributed by atoms with Crippen LogP contribution in [0.3, 0.4) is 0 Å². The van der Waals surface area contributed by atoms with Crippen molar-refractivity contribution in [1.82, 2.24) is 24.6 Å². The van der Waals surface area contributed by atoms with Gasteiger partial charge >= 0.3 is 0 Å². The van der Waals surface area contributed by atoms with Gasteiger partial charge in [-0.15, -0.1) is 11.3 Å². The summed E-state index contributed by atoms with van der Waals surface area (Å²) in [6.07, 6.45) is 6.24. The van der Waals surface area contributed by atoms with Crippen molar-refractivity contribution in [2.45, 2.75) is 46.1 Å². The molecule has 0 saturated carbocycles. The largest absolute Gasteiger partial charge is 0.336 e. The quantitative estimate of drug-likeness (QED) is 0.863. The predicted octanol–water partition coefficient (Wildman–Crippen LogP) is 2.72. The molecule has 7 heteroatoms. The Morgan fingerprint density at radius 1 is 1.48 bits per heavy atom. The number of piperidine rings is 1. The Balaban J connectivity index is 1.73. The third-order valence-electron chi connectivity index (χ3n) is 4.11. The van der Waals surface area contributed by atoms with Crippen molar-refractivity contribution in [3.05, 3.63) is 28.2 Å². The maximum Gasteiger partial charge on any atom is 0.265 e. The summed E-state index contributed by atoms with van der Waals surface area (Å²) in [5.41, 5.74) is 0.860. The van der Waals surface area contributed by atoms with Crippen LogP contribution in [0.1, 0.15) is 53.1 Å². The van der Waals surface area contributed by atoms with Crippen LogP contribution in [0.15, 0.2) is 12.7 Å². The molecule has 1 aliphatic rings. The van der Waals surface area contributed by atoms with Gasteiger partial charge in [0, 0.05) is 19.5 Å². The first kappa shape index (κ1) is 16.1. The molecule has 2 aromatic rings. The van der Waals surface area contributed by atoms with Gasteiger partial charge in [-0.1, -0.05) is 13.8 Å². The fourth-order valence-electron chi connectivity index (χ4n) is 2.99. The minimum atomic E-state index is 0.111. The zero-order chi connectivity index (χ0) is 16.4. The molecule has 1 aliphatic heterocycles. The second-order valence-corrected chi connectivity index (χ2v) is 7.63. The number of carbonyl (C=O) groups excluding carboxylic acids is 1. The molecule has 0 unspecified atom stereocenters. The van der Waals surface area contributed by atoms with E-state index in [1.807, 2.05) is 16.5 Å². The topological polar surface area (TPSA) is 63.9 Å². The van der Waals surface area contributed by atoms with Crippen LogP contribution in [0.4, 0.5) is 0 Å². The monoisotopic (exact) mass is 333 g/mol. The van der Waals surface area contributed by atoms with Gasteiger partial charge in [-0.3, -0.25) is 4.79 Å². The standard InChI is InChI=1S/C16H23N5OS/c1-11(2)7-14-19-12(3)15(23-14)16(22)20-6-4-5-13(8-20)21-10-17-9-18-21/h9-11,13H,4-8H2,1-3H3/t13-/m1/s1. The summed E-state index contributed by atoms with van der Waals surface area (Å²) in [5.74, 6) is 0.662. The smallest absolute Gasteiger partial charge is 0.265 e. The van der Waals surface area contributed by atoms with E-state index in [4.69, 9.17) is 0 Å². The van der Waals surface area contributed by atoms with Gasteiger partial charge in [0.05, 0.1) is 16.7 Å². The minimum Gasteiger partial charge on any atom is -0.336 e. The van der Waals surface area contributed by atoms with Crippen LogP contribution in [-0.2, 0) is 6.42 Å². The number of amides is 1. The highest BCUT2D eigenvalue weighted by Crippen LogP contribution is 2.26. The summed E-state index contributed by atoms with van der Waals surface area (Å²) in [4.78, 5) is 24.2. The Morgan fingerprint density at radius 2 is 2.30 bits per heavy atom. The lowest BCUT2D eigenvalue weighted by molar-refractivity contribution is 0.0676. The molecule has 0 radical (unpaired) electrons. The van der Waals surface area contributed by atoms with Crippen LogP contribution in [0.25, 0.3) is 0 Å². The maximum absolute atomic E-state index is 12.9. The molecule has 6 nitrogen and oxygen atoms in total. The lowest BCUT2D eigenvalue weighted by Crippen LogP contribution is -2.40. The molecular formula is C16H23N5OS. The molecule has 3 rings (SSSR count). The summed E-state index contributed by atoms with van der Waals surface area (Å²) < 4.78 is 1.86. The summed E-state index contributed by atoms with van der Waals surface area (Å²) in [6, 6.07) is 0.221. The minimum absolute atomic E-state index is 0.111. The van der Waals surface area contributed by atoms with Gasteiger partial charge in [-0.05, 0) is 25.7 Å². The van der Waals surface area contributed by atoms with Crippen molar-refractivity contribution in [1.29, 1.82) is 0 Å². The molecule has 0 bridgehead atoms. The van der Waals surface area contributed by atoms with Crippen LogP contribution in [0.2, 0.25) is 0 Å². The van der Waals surface area contributed by atoms with E-state index in [1.165, 1.54) is 0 Å². The maximum atomic E-state index is 12.9. The molecule has 0 N–H and O–H groups in total. The molecule has 1 saturated heterocycles. The van der Waals surface area contributed by atoms with Gasteiger partial charge in [-0.25, -0.2) is 14.6 Å². The number of aromatic nitrogens is 4. The van der Waals surface area contributed by atoms with Gasteiger partial charge < -0.3 is 4.90 Å². The molecule has 1 fully saturated rings. The molecule has 0 spiro atoms. The average molecular weight is 333 g/mol. The van der Waals surface area contributed by atoms with E-state index in [0.717, 1.165) is 41.4 Å². The van der Waals surface area contributed by atoms with Gasteiger partial charge in [-0.2, -0.15) is 5.10 Å². The van der Waals surface area contributed by atoms with E-state index in [1.54, 1.807) is 24.0 Å². The molecule has 2 aromatic heterocycles. The molecular weight excluding hydrogens is 310 g/mol. The van der Waals surface area contributed by atoms with Crippen molar-refractivity contribution in [3.63, 3.8) is 0 Å². The number of rotatable bonds is 4. The van der Waals surface area contributed by atoms with Crippen molar-refractivity contribution in [2.24, 2.45) is 5.92 Å². The number of thiazole rings is 1. The van der Waals surface area contributed by atoms with Gasteiger partial charge in [0.1, 0.15) is 17.5 Å². The first-order valence-electron chi connectivity index (χ1n) is 8.14. The molecule has 1 amide bonds. The average Bonchev–Trinajstić information content (AvgIpc) is 3.16. The lowest BCUT2D eigenvalue weighted by atomic mass is 10.1. The number of likely N-dealkylation sites (tertiary alicyclic amines) is 1. The lowest BCUT2D eigenvalue weighted by Gasteiger charge is -2.32. The highest BCUT2D eigenvalue weighted by molar-refractivity contribution is 7.13. The number of nitrogens with zero attached hydrogens (tertiary/aromatic N) is 5. The van der Waals surface area contributed by atoms with Gasteiger partial charge in [0.15, 0.2) is 0 Å². The highest BCUT2D eigenvalue weighted by Gasteiger charge is 2.28. The van der Waals surface area contributed by atoms with Gasteiger partial charge in [0.25, 0.3) is 5.91 Å². The zero-order valence-corrected chi connectivity index (χ0v) is 14.7. The van der Waals surface area contributed by atoms with E-state index in [2.05, 4.69) is 28.9 Å². The van der Waals surface area contributed by atoms with Crippen LogP contribution < -0.4 is 0 Å². The first-order chi connectivity index (χ1) is 11.0.